The van der Waals surface area contributed by atoms with Crippen LogP contribution in [0.3, 0.4) is 0 Å². The summed E-state index contributed by atoms with van der Waals surface area (Å²) >= 11 is 0. The third-order valence-corrected chi connectivity index (χ3v) is 2.41. The van der Waals surface area contributed by atoms with E-state index in [-0.39, 0.29) is 5.91 Å². The van der Waals surface area contributed by atoms with Gasteiger partial charge in [0.15, 0.2) is 0 Å². The first kappa shape index (κ1) is 12.0. The third-order valence-electron chi connectivity index (χ3n) is 2.41. The van der Waals surface area contributed by atoms with Crippen LogP contribution in [0.25, 0.3) is 5.82 Å². The number of hydrogen-bond donors (Lipinski definition) is 1. The van der Waals surface area contributed by atoms with Crippen LogP contribution in [0.2, 0.25) is 0 Å². The minimum atomic E-state index is -0.161. The Hall–Kier alpha value is -2.43. The smallest absolute Gasteiger partial charge is 0.248 e. The molecule has 5 nitrogen and oxygen atoms in total. The van der Waals surface area contributed by atoms with Gasteiger partial charge in [0.2, 0.25) is 5.91 Å². The second-order valence-corrected chi connectivity index (χ2v) is 3.74. The zero-order valence-corrected chi connectivity index (χ0v) is 10.3. The number of carbonyl (C=O) groups excluding carboxylic acids is 1. The summed E-state index contributed by atoms with van der Waals surface area (Å²) in [6, 6.07) is 3.64. The van der Waals surface area contributed by atoms with E-state index in [4.69, 9.17) is 0 Å². The van der Waals surface area contributed by atoms with Gasteiger partial charge in [-0.15, -0.1) is 0 Å². The molecule has 5 heteroatoms. The summed E-state index contributed by atoms with van der Waals surface area (Å²) in [4.78, 5) is 19.8. The molecule has 1 N–H and O–H groups in total. The average molecular weight is 242 g/mol. The van der Waals surface area contributed by atoms with Crippen molar-refractivity contribution in [1.82, 2.24) is 14.5 Å². The summed E-state index contributed by atoms with van der Waals surface area (Å²) in [5, 5.41) is 2.72. The van der Waals surface area contributed by atoms with E-state index in [9.17, 15) is 4.79 Å². The fourth-order valence-electron chi connectivity index (χ4n) is 1.56. The third kappa shape index (κ3) is 2.63. The van der Waals surface area contributed by atoms with Crippen LogP contribution in [-0.4, -0.2) is 20.4 Å². The number of allylic oxidation sites excluding steroid dienone is 1. The molecule has 18 heavy (non-hydrogen) atoms. The minimum absolute atomic E-state index is 0.161. The number of pyridine rings is 1. The number of nitrogens with zero attached hydrogens (tertiary/aromatic N) is 3. The highest BCUT2D eigenvalue weighted by molar-refractivity contribution is 5.99. The van der Waals surface area contributed by atoms with E-state index < -0.39 is 0 Å². The van der Waals surface area contributed by atoms with Crippen molar-refractivity contribution in [2.24, 2.45) is 0 Å². The Labute approximate surface area is 105 Å². The molecule has 0 atom stereocenters. The molecule has 0 radical (unpaired) electrons. The molecule has 0 bridgehead atoms. The van der Waals surface area contributed by atoms with Gasteiger partial charge in [0, 0.05) is 12.4 Å². The largest absolute Gasteiger partial charge is 0.321 e. The van der Waals surface area contributed by atoms with E-state index >= 15 is 0 Å². The molecule has 2 rings (SSSR count). The number of amides is 1. The molecule has 2 aromatic heterocycles. The van der Waals surface area contributed by atoms with Crippen molar-refractivity contribution in [1.29, 1.82) is 0 Å². The highest BCUT2D eigenvalue weighted by atomic mass is 16.1. The zero-order valence-electron chi connectivity index (χ0n) is 10.3. The van der Waals surface area contributed by atoms with E-state index in [0.29, 0.717) is 5.69 Å². The Morgan fingerprint density at radius 1 is 1.39 bits per heavy atom. The molecular weight excluding hydrogens is 228 g/mol. The molecule has 0 aliphatic heterocycles. The van der Waals surface area contributed by atoms with Gasteiger partial charge in [-0.2, -0.15) is 0 Å². The minimum Gasteiger partial charge on any atom is -0.321 e. The van der Waals surface area contributed by atoms with Crippen molar-refractivity contribution in [3.05, 3.63) is 48.7 Å². The summed E-state index contributed by atoms with van der Waals surface area (Å²) in [6.07, 6.45) is 8.34. The van der Waals surface area contributed by atoms with E-state index in [1.807, 2.05) is 29.8 Å². The van der Waals surface area contributed by atoms with Crippen LogP contribution >= 0.6 is 0 Å². The molecule has 92 valence electrons. The van der Waals surface area contributed by atoms with Gasteiger partial charge >= 0.3 is 0 Å². The molecular formula is C13H14N4O. The fraction of sp³-hybridized carbons (Fsp3) is 0.154. The Kier molecular flexibility index (Phi) is 3.52. The maximum absolute atomic E-state index is 11.3. The molecule has 0 fully saturated rings. The summed E-state index contributed by atoms with van der Waals surface area (Å²) in [7, 11) is 0. The average Bonchev–Trinajstić information content (AvgIpc) is 2.77. The number of hydrogen-bond acceptors (Lipinski definition) is 3. The van der Waals surface area contributed by atoms with Gasteiger partial charge in [0.25, 0.3) is 0 Å². The predicted octanol–water partition coefficient (Wildman–Crippen LogP) is 2.09. The lowest BCUT2D eigenvalue weighted by atomic mass is 10.3. The molecule has 2 aromatic rings. The Morgan fingerprint density at radius 3 is 2.78 bits per heavy atom. The normalized spacial score (nSPS) is 10.8. The lowest BCUT2D eigenvalue weighted by Gasteiger charge is -2.05. The topological polar surface area (TPSA) is 59.8 Å². The van der Waals surface area contributed by atoms with Crippen molar-refractivity contribution >= 4 is 11.6 Å². The number of nitrogens with one attached hydrogen (secondary N) is 1. The van der Waals surface area contributed by atoms with Crippen LogP contribution in [0.1, 0.15) is 12.7 Å². The summed E-state index contributed by atoms with van der Waals surface area (Å²) in [5.74, 6) is 1.48. The van der Waals surface area contributed by atoms with Gasteiger partial charge in [0.1, 0.15) is 11.6 Å². The predicted molar refractivity (Wildman–Crippen MR) is 69.5 cm³/mol. The first-order valence-corrected chi connectivity index (χ1v) is 5.61. The number of carbonyl (C=O) groups is 1. The lowest BCUT2D eigenvalue weighted by Crippen LogP contribution is -2.08. The highest BCUT2D eigenvalue weighted by Gasteiger charge is 2.02. The summed E-state index contributed by atoms with van der Waals surface area (Å²) < 4.78 is 1.87. The van der Waals surface area contributed by atoms with Crippen molar-refractivity contribution in [3.63, 3.8) is 0 Å². The summed E-state index contributed by atoms with van der Waals surface area (Å²) in [5.41, 5.74) is 0.666. The van der Waals surface area contributed by atoms with Gasteiger partial charge in [-0.25, -0.2) is 9.97 Å². The maximum atomic E-state index is 11.3. The monoisotopic (exact) mass is 242 g/mol. The number of imidazole rings is 1. The van der Waals surface area contributed by atoms with Crippen LogP contribution in [0, 0.1) is 6.92 Å². The molecule has 0 aromatic carbocycles. The highest BCUT2D eigenvalue weighted by Crippen LogP contribution is 2.11. The van der Waals surface area contributed by atoms with E-state index in [0.717, 1.165) is 11.6 Å². The standard InChI is InChI=1S/C13H14N4O/c1-3-4-13(18)16-11-5-6-12(15-9-11)17-8-7-14-10(17)2/h3-9H,1-2H3,(H,16,18)/b4-3+. The number of aryl methyl sites for hydroxylation is 1. The van der Waals surface area contributed by atoms with Crippen molar-refractivity contribution in [2.45, 2.75) is 13.8 Å². The number of aromatic nitrogens is 3. The van der Waals surface area contributed by atoms with Gasteiger partial charge in [-0.3, -0.25) is 9.36 Å². The van der Waals surface area contributed by atoms with Gasteiger partial charge in [0.05, 0.1) is 11.9 Å². The molecule has 2 heterocycles. The summed E-state index contributed by atoms with van der Waals surface area (Å²) in [6.45, 7) is 3.70. The zero-order chi connectivity index (χ0) is 13.0. The second-order valence-electron chi connectivity index (χ2n) is 3.74. The van der Waals surface area contributed by atoms with Gasteiger partial charge in [-0.05, 0) is 32.1 Å². The van der Waals surface area contributed by atoms with E-state index in [1.165, 1.54) is 6.08 Å². The van der Waals surface area contributed by atoms with Crippen LogP contribution in [0.15, 0.2) is 42.9 Å². The van der Waals surface area contributed by atoms with Crippen LogP contribution < -0.4 is 5.32 Å². The van der Waals surface area contributed by atoms with Crippen molar-refractivity contribution < 1.29 is 4.79 Å². The first-order chi connectivity index (χ1) is 8.70. The molecule has 0 aliphatic carbocycles. The fourth-order valence-corrected chi connectivity index (χ4v) is 1.56. The quantitative estimate of drug-likeness (QED) is 0.838. The van der Waals surface area contributed by atoms with Crippen molar-refractivity contribution in [3.8, 4) is 5.82 Å². The Bertz CT molecular complexity index is 569. The van der Waals surface area contributed by atoms with Crippen LogP contribution in [-0.2, 0) is 4.79 Å². The Balaban J connectivity index is 2.16. The molecule has 0 saturated heterocycles. The molecule has 0 aliphatic rings. The van der Waals surface area contributed by atoms with Crippen LogP contribution in [0.5, 0.6) is 0 Å². The second kappa shape index (κ2) is 5.27. The van der Waals surface area contributed by atoms with E-state index in [2.05, 4.69) is 15.3 Å². The molecule has 0 saturated carbocycles. The molecule has 1 amide bonds. The molecule has 0 spiro atoms. The van der Waals surface area contributed by atoms with Gasteiger partial charge < -0.3 is 5.32 Å². The Morgan fingerprint density at radius 2 is 2.22 bits per heavy atom. The molecule has 0 unspecified atom stereocenters. The first-order valence-electron chi connectivity index (χ1n) is 5.61. The van der Waals surface area contributed by atoms with Gasteiger partial charge in [-0.1, -0.05) is 6.08 Å². The van der Waals surface area contributed by atoms with Crippen molar-refractivity contribution in [2.75, 3.05) is 5.32 Å². The SMILES string of the molecule is C/C=C/C(=O)Nc1ccc(-n2ccnc2C)nc1. The number of rotatable bonds is 3. The van der Waals surface area contributed by atoms with Crippen LogP contribution in [0.4, 0.5) is 5.69 Å². The van der Waals surface area contributed by atoms with E-state index in [1.54, 1.807) is 25.4 Å². The maximum Gasteiger partial charge on any atom is 0.248 e. The number of anilines is 1. The lowest BCUT2D eigenvalue weighted by molar-refractivity contribution is -0.111.